The summed E-state index contributed by atoms with van der Waals surface area (Å²) in [7, 11) is 0. The molecule has 3 unspecified atom stereocenters. The molecule has 4 rings (SSSR count). The van der Waals surface area contributed by atoms with E-state index in [4.69, 9.17) is 0 Å². The van der Waals surface area contributed by atoms with E-state index in [-0.39, 0.29) is 11.7 Å². The number of nitrogens with one attached hydrogen (secondary N) is 1. The molecule has 3 aromatic rings. The standard InChI is InChI=1S/C23H25N3O3/c1-13(2)9-19(27)20-21(15-6-4-5-14(3)10-15)26(23(29)22(20)28)16-7-8-17-18(11-16)25-12-24-17/h4-8,10-13,20-22,28H,9H2,1-3H3,(H,24,25). The normalized spacial score (nSPS) is 22.0. The number of aryl methyl sites for hydroxylation is 1. The second-order valence-corrected chi connectivity index (χ2v) is 8.21. The Hall–Kier alpha value is -2.99. The zero-order valence-corrected chi connectivity index (χ0v) is 16.8. The molecule has 3 atom stereocenters. The van der Waals surface area contributed by atoms with Crippen LogP contribution in [-0.4, -0.2) is 32.9 Å². The lowest BCUT2D eigenvalue weighted by atomic mass is 9.85. The third kappa shape index (κ3) is 3.44. The van der Waals surface area contributed by atoms with Gasteiger partial charge in [0.15, 0.2) is 0 Å². The van der Waals surface area contributed by atoms with Gasteiger partial charge in [0.1, 0.15) is 11.9 Å². The minimum absolute atomic E-state index is 0.0857. The maximum Gasteiger partial charge on any atom is 0.257 e. The number of anilines is 1. The highest BCUT2D eigenvalue weighted by atomic mass is 16.3. The predicted octanol–water partition coefficient (Wildman–Crippen LogP) is 3.55. The Bertz CT molecular complexity index is 1070. The first kappa shape index (κ1) is 19.3. The van der Waals surface area contributed by atoms with Gasteiger partial charge in [-0.1, -0.05) is 43.7 Å². The molecule has 1 aliphatic heterocycles. The highest BCUT2D eigenvalue weighted by Gasteiger charge is 2.51. The van der Waals surface area contributed by atoms with Crippen molar-refractivity contribution < 1.29 is 14.7 Å². The Morgan fingerprint density at radius 2 is 2.03 bits per heavy atom. The number of rotatable bonds is 5. The van der Waals surface area contributed by atoms with E-state index in [0.717, 1.165) is 22.2 Å². The Morgan fingerprint density at radius 3 is 2.76 bits per heavy atom. The molecule has 1 aliphatic rings. The Labute approximate surface area is 169 Å². The van der Waals surface area contributed by atoms with E-state index in [0.29, 0.717) is 12.1 Å². The fourth-order valence-corrected chi connectivity index (χ4v) is 4.23. The molecule has 0 bridgehead atoms. The molecule has 1 aromatic heterocycles. The second kappa shape index (κ2) is 7.44. The SMILES string of the molecule is Cc1cccc(C2C(C(=O)CC(C)C)C(O)C(=O)N2c2ccc3nc[nH]c3c2)c1. The van der Waals surface area contributed by atoms with Crippen molar-refractivity contribution in [2.24, 2.45) is 11.8 Å². The van der Waals surface area contributed by atoms with Crippen LogP contribution in [0.3, 0.4) is 0 Å². The predicted molar refractivity (Wildman–Crippen MR) is 111 cm³/mol. The number of aromatic amines is 1. The first-order chi connectivity index (χ1) is 13.9. The van der Waals surface area contributed by atoms with Crippen LogP contribution in [0.15, 0.2) is 48.8 Å². The number of H-pyrrole nitrogens is 1. The van der Waals surface area contributed by atoms with Crippen LogP contribution in [0.2, 0.25) is 0 Å². The number of fused-ring (bicyclic) bond motifs is 1. The first-order valence-corrected chi connectivity index (χ1v) is 9.90. The minimum atomic E-state index is -1.36. The largest absolute Gasteiger partial charge is 0.382 e. The number of imidazole rings is 1. The van der Waals surface area contributed by atoms with E-state index in [1.165, 1.54) is 0 Å². The Morgan fingerprint density at radius 1 is 1.24 bits per heavy atom. The Kier molecular flexibility index (Phi) is 4.96. The maximum atomic E-state index is 13.1. The fraction of sp³-hybridized carbons (Fsp3) is 0.348. The van der Waals surface area contributed by atoms with Crippen LogP contribution in [0.5, 0.6) is 0 Å². The van der Waals surface area contributed by atoms with Crippen LogP contribution in [0.1, 0.15) is 37.4 Å². The van der Waals surface area contributed by atoms with Gasteiger partial charge in [-0.05, 0) is 36.6 Å². The number of benzene rings is 2. The topological polar surface area (TPSA) is 86.3 Å². The summed E-state index contributed by atoms with van der Waals surface area (Å²) in [4.78, 5) is 35.1. The third-order valence-electron chi connectivity index (χ3n) is 5.50. The maximum absolute atomic E-state index is 13.1. The van der Waals surface area contributed by atoms with E-state index in [1.807, 2.05) is 63.2 Å². The van der Waals surface area contributed by atoms with Gasteiger partial charge in [-0.25, -0.2) is 4.98 Å². The first-order valence-electron chi connectivity index (χ1n) is 9.90. The van der Waals surface area contributed by atoms with Crippen molar-refractivity contribution in [3.63, 3.8) is 0 Å². The molecule has 0 saturated carbocycles. The van der Waals surface area contributed by atoms with Crippen LogP contribution in [0, 0.1) is 18.8 Å². The molecule has 29 heavy (non-hydrogen) atoms. The van der Waals surface area contributed by atoms with Gasteiger partial charge in [-0.15, -0.1) is 0 Å². The van der Waals surface area contributed by atoms with Crippen molar-refractivity contribution >= 4 is 28.4 Å². The quantitative estimate of drug-likeness (QED) is 0.696. The molecule has 1 saturated heterocycles. The van der Waals surface area contributed by atoms with Gasteiger partial charge in [-0.3, -0.25) is 9.59 Å². The molecule has 1 amide bonds. The summed E-state index contributed by atoms with van der Waals surface area (Å²) in [6.45, 7) is 5.90. The smallest absolute Gasteiger partial charge is 0.257 e. The third-order valence-corrected chi connectivity index (χ3v) is 5.50. The number of hydrogen-bond acceptors (Lipinski definition) is 4. The number of aliphatic hydroxyl groups is 1. The lowest BCUT2D eigenvalue weighted by Crippen LogP contribution is -2.30. The number of nitrogens with zero attached hydrogens (tertiary/aromatic N) is 2. The van der Waals surface area contributed by atoms with Crippen LogP contribution in [-0.2, 0) is 9.59 Å². The summed E-state index contributed by atoms with van der Waals surface area (Å²) in [6.07, 6.45) is 0.566. The molecule has 150 valence electrons. The van der Waals surface area contributed by atoms with Crippen molar-refractivity contribution in [2.45, 2.75) is 39.3 Å². The van der Waals surface area contributed by atoms with E-state index < -0.39 is 24.0 Å². The average Bonchev–Trinajstić information content (AvgIpc) is 3.23. The number of aliphatic hydroxyl groups excluding tert-OH is 1. The lowest BCUT2D eigenvalue weighted by Gasteiger charge is -2.28. The van der Waals surface area contributed by atoms with Crippen molar-refractivity contribution in [2.75, 3.05) is 4.90 Å². The molecule has 2 heterocycles. The number of Topliss-reactive ketones (excluding diaryl/α,β-unsaturated/α-hetero) is 1. The number of hydrogen-bond donors (Lipinski definition) is 2. The number of carbonyl (C=O) groups excluding carboxylic acids is 2. The van der Waals surface area contributed by atoms with E-state index >= 15 is 0 Å². The summed E-state index contributed by atoms with van der Waals surface area (Å²) in [6, 6.07) is 12.7. The summed E-state index contributed by atoms with van der Waals surface area (Å²) in [5.41, 5.74) is 4.11. The van der Waals surface area contributed by atoms with E-state index in [1.54, 1.807) is 11.2 Å². The molecule has 0 aliphatic carbocycles. The molecule has 0 spiro atoms. The number of ketones is 1. The number of amides is 1. The zero-order chi connectivity index (χ0) is 20.7. The molecule has 1 fully saturated rings. The van der Waals surface area contributed by atoms with Crippen LogP contribution < -0.4 is 4.90 Å². The Balaban J connectivity index is 1.85. The molecule has 2 N–H and O–H groups in total. The van der Waals surface area contributed by atoms with E-state index in [2.05, 4.69) is 9.97 Å². The molecule has 6 heteroatoms. The van der Waals surface area contributed by atoms with Crippen LogP contribution in [0.4, 0.5) is 5.69 Å². The van der Waals surface area contributed by atoms with Gasteiger partial charge in [0.2, 0.25) is 0 Å². The van der Waals surface area contributed by atoms with Crippen LogP contribution >= 0.6 is 0 Å². The van der Waals surface area contributed by atoms with Gasteiger partial charge < -0.3 is 15.0 Å². The fourth-order valence-electron chi connectivity index (χ4n) is 4.23. The highest BCUT2D eigenvalue weighted by Crippen LogP contribution is 2.43. The molecular formula is C23H25N3O3. The second-order valence-electron chi connectivity index (χ2n) is 8.21. The van der Waals surface area contributed by atoms with Crippen molar-refractivity contribution in [3.8, 4) is 0 Å². The van der Waals surface area contributed by atoms with Crippen LogP contribution in [0.25, 0.3) is 11.0 Å². The number of carbonyl (C=O) groups is 2. The molecular weight excluding hydrogens is 366 g/mol. The van der Waals surface area contributed by atoms with Crippen molar-refractivity contribution in [1.82, 2.24) is 9.97 Å². The summed E-state index contributed by atoms with van der Waals surface area (Å²) in [5.74, 6) is -1.18. The lowest BCUT2D eigenvalue weighted by molar-refractivity contribution is -0.132. The average molecular weight is 391 g/mol. The number of aromatic nitrogens is 2. The van der Waals surface area contributed by atoms with Crippen molar-refractivity contribution in [1.29, 1.82) is 0 Å². The summed E-state index contributed by atoms with van der Waals surface area (Å²) >= 11 is 0. The van der Waals surface area contributed by atoms with Gasteiger partial charge in [-0.2, -0.15) is 0 Å². The van der Waals surface area contributed by atoms with Gasteiger partial charge in [0, 0.05) is 12.1 Å². The van der Waals surface area contributed by atoms with E-state index in [9.17, 15) is 14.7 Å². The van der Waals surface area contributed by atoms with Crippen molar-refractivity contribution in [3.05, 3.63) is 59.9 Å². The minimum Gasteiger partial charge on any atom is -0.382 e. The zero-order valence-electron chi connectivity index (χ0n) is 16.8. The summed E-state index contributed by atoms with van der Waals surface area (Å²) < 4.78 is 0. The van der Waals surface area contributed by atoms with Gasteiger partial charge in [0.25, 0.3) is 5.91 Å². The molecule has 6 nitrogen and oxygen atoms in total. The van der Waals surface area contributed by atoms with Gasteiger partial charge >= 0.3 is 0 Å². The highest BCUT2D eigenvalue weighted by molar-refractivity contribution is 6.06. The monoisotopic (exact) mass is 391 g/mol. The van der Waals surface area contributed by atoms with Gasteiger partial charge in [0.05, 0.1) is 29.3 Å². The summed E-state index contributed by atoms with van der Waals surface area (Å²) in [5, 5.41) is 10.8. The molecule has 0 radical (unpaired) electrons. The molecule has 2 aromatic carbocycles.